The third kappa shape index (κ3) is 4.49. The predicted octanol–water partition coefficient (Wildman–Crippen LogP) is 3.54. The number of hydrogen-bond acceptors (Lipinski definition) is 3. The van der Waals surface area contributed by atoms with Crippen molar-refractivity contribution >= 4 is 11.7 Å². The molecule has 2 amide bonds. The molecule has 3 rings (SSSR count). The van der Waals surface area contributed by atoms with Crippen molar-refractivity contribution in [3.05, 3.63) is 42.0 Å². The number of anilines is 1. The van der Waals surface area contributed by atoms with Crippen LogP contribution in [-0.2, 0) is 13.6 Å². The second kappa shape index (κ2) is 7.55. The second-order valence-electron chi connectivity index (χ2n) is 6.48. The molecule has 0 spiro atoms. The molecule has 134 valence electrons. The molecule has 7 heteroatoms. The molecule has 1 saturated carbocycles. The van der Waals surface area contributed by atoms with Crippen LogP contribution in [0.3, 0.4) is 0 Å². The van der Waals surface area contributed by atoms with Gasteiger partial charge < -0.3 is 15.0 Å². The molecular formula is C18H23FN4O2. The molecule has 1 aliphatic carbocycles. The highest BCUT2D eigenvalue weighted by molar-refractivity contribution is 5.89. The third-order valence-electron chi connectivity index (χ3n) is 4.30. The number of carbonyl (C=O) groups is 1. The van der Waals surface area contributed by atoms with E-state index in [0.717, 1.165) is 31.2 Å². The lowest BCUT2D eigenvalue weighted by molar-refractivity contribution is 0.200. The Morgan fingerprint density at radius 3 is 2.84 bits per heavy atom. The van der Waals surface area contributed by atoms with E-state index in [9.17, 15) is 9.18 Å². The molecule has 1 aliphatic rings. The summed E-state index contributed by atoms with van der Waals surface area (Å²) in [5.41, 5.74) is 1.32. The summed E-state index contributed by atoms with van der Waals surface area (Å²) in [6.07, 6.45) is 7.85. The van der Waals surface area contributed by atoms with Crippen molar-refractivity contribution in [1.29, 1.82) is 0 Å². The van der Waals surface area contributed by atoms with Crippen molar-refractivity contribution in [3.8, 4) is 5.75 Å². The number of urea groups is 1. The first-order valence-corrected chi connectivity index (χ1v) is 8.47. The van der Waals surface area contributed by atoms with Crippen LogP contribution >= 0.6 is 0 Å². The zero-order valence-electron chi connectivity index (χ0n) is 14.5. The maximum absolute atomic E-state index is 14.2. The number of amides is 2. The standard InChI is InChI=1S/C18H23FN4O2/c1-22(11-13-10-20-23(2)12-13)18(24)21-14-7-8-17(16(19)9-14)25-15-5-3-4-6-15/h7-10,12,15H,3-6,11H2,1-2H3,(H,21,24). The monoisotopic (exact) mass is 346 g/mol. The molecule has 0 saturated heterocycles. The number of hydrogen-bond donors (Lipinski definition) is 1. The molecule has 2 aromatic rings. The largest absolute Gasteiger partial charge is 0.487 e. The van der Waals surface area contributed by atoms with Gasteiger partial charge in [-0.05, 0) is 37.8 Å². The van der Waals surface area contributed by atoms with Gasteiger partial charge in [0.05, 0.1) is 18.8 Å². The molecule has 6 nitrogen and oxygen atoms in total. The smallest absolute Gasteiger partial charge is 0.321 e. The van der Waals surface area contributed by atoms with Crippen LogP contribution in [0.15, 0.2) is 30.6 Å². The van der Waals surface area contributed by atoms with E-state index in [1.54, 1.807) is 30.1 Å². The maximum Gasteiger partial charge on any atom is 0.321 e. The summed E-state index contributed by atoms with van der Waals surface area (Å²) in [5.74, 6) is -0.215. The van der Waals surface area contributed by atoms with Gasteiger partial charge >= 0.3 is 6.03 Å². The minimum absolute atomic E-state index is 0.0977. The summed E-state index contributed by atoms with van der Waals surface area (Å²) < 4.78 is 21.6. The highest BCUT2D eigenvalue weighted by Gasteiger charge is 2.18. The fourth-order valence-corrected chi connectivity index (χ4v) is 2.98. The molecule has 0 bridgehead atoms. The topological polar surface area (TPSA) is 59.4 Å². The molecule has 0 radical (unpaired) electrons. The molecule has 0 aliphatic heterocycles. The van der Waals surface area contributed by atoms with E-state index in [4.69, 9.17) is 4.74 Å². The Labute approximate surface area is 146 Å². The number of carbonyl (C=O) groups excluding carboxylic acids is 1. The number of aryl methyl sites for hydroxylation is 1. The van der Waals surface area contributed by atoms with Crippen LogP contribution in [-0.4, -0.2) is 33.9 Å². The zero-order valence-corrected chi connectivity index (χ0v) is 14.5. The van der Waals surface area contributed by atoms with Gasteiger partial charge in [0.1, 0.15) is 0 Å². The normalized spacial score (nSPS) is 14.5. The van der Waals surface area contributed by atoms with Crippen LogP contribution in [0.25, 0.3) is 0 Å². The van der Waals surface area contributed by atoms with Gasteiger partial charge in [0.2, 0.25) is 0 Å². The number of nitrogens with one attached hydrogen (secondary N) is 1. The zero-order chi connectivity index (χ0) is 17.8. The van der Waals surface area contributed by atoms with E-state index in [2.05, 4.69) is 10.4 Å². The lowest BCUT2D eigenvalue weighted by atomic mass is 10.2. The molecule has 1 heterocycles. The lowest BCUT2D eigenvalue weighted by Gasteiger charge is -2.18. The average molecular weight is 346 g/mol. The number of ether oxygens (including phenoxy) is 1. The van der Waals surface area contributed by atoms with Crippen molar-refractivity contribution in [2.75, 3.05) is 12.4 Å². The minimum Gasteiger partial charge on any atom is -0.487 e. The SMILES string of the molecule is CN(Cc1cnn(C)c1)C(=O)Nc1ccc(OC2CCCC2)c(F)c1. The fourth-order valence-electron chi connectivity index (χ4n) is 2.98. The van der Waals surface area contributed by atoms with E-state index in [1.165, 1.54) is 11.0 Å². The summed E-state index contributed by atoms with van der Waals surface area (Å²) in [6.45, 7) is 0.422. The first-order valence-electron chi connectivity index (χ1n) is 8.47. The molecular weight excluding hydrogens is 323 g/mol. The quantitative estimate of drug-likeness (QED) is 0.901. The predicted molar refractivity (Wildman–Crippen MR) is 93.0 cm³/mol. The highest BCUT2D eigenvalue weighted by Crippen LogP contribution is 2.27. The van der Waals surface area contributed by atoms with Gasteiger partial charge in [0, 0.05) is 37.6 Å². The van der Waals surface area contributed by atoms with Crippen LogP contribution in [0.4, 0.5) is 14.9 Å². The van der Waals surface area contributed by atoms with Gasteiger partial charge in [-0.25, -0.2) is 9.18 Å². The Kier molecular flexibility index (Phi) is 5.21. The number of nitrogens with zero attached hydrogens (tertiary/aromatic N) is 3. The Morgan fingerprint density at radius 1 is 1.44 bits per heavy atom. The highest BCUT2D eigenvalue weighted by atomic mass is 19.1. The minimum atomic E-state index is -0.459. The van der Waals surface area contributed by atoms with E-state index in [1.807, 2.05) is 13.2 Å². The van der Waals surface area contributed by atoms with Gasteiger partial charge in [-0.15, -0.1) is 0 Å². The van der Waals surface area contributed by atoms with Crippen LogP contribution in [0.5, 0.6) is 5.75 Å². The first-order chi connectivity index (χ1) is 12.0. The Balaban J connectivity index is 1.57. The van der Waals surface area contributed by atoms with Crippen molar-refractivity contribution in [1.82, 2.24) is 14.7 Å². The molecule has 1 aromatic heterocycles. The average Bonchev–Trinajstić information content (AvgIpc) is 3.22. The van der Waals surface area contributed by atoms with Crippen LogP contribution in [0, 0.1) is 5.82 Å². The van der Waals surface area contributed by atoms with Gasteiger partial charge in [-0.2, -0.15) is 5.10 Å². The van der Waals surface area contributed by atoms with E-state index < -0.39 is 5.82 Å². The molecule has 0 unspecified atom stereocenters. The van der Waals surface area contributed by atoms with Crippen LogP contribution < -0.4 is 10.1 Å². The van der Waals surface area contributed by atoms with E-state index in [-0.39, 0.29) is 17.9 Å². The van der Waals surface area contributed by atoms with Crippen molar-refractivity contribution < 1.29 is 13.9 Å². The van der Waals surface area contributed by atoms with E-state index >= 15 is 0 Å². The van der Waals surface area contributed by atoms with Gasteiger partial charge in [0.15, 0.2) is 11.6 Å². The Hall–Kier alpha value is -2.57. The van der Waals surface area contributed by atoms with Gasteiger partial charge in [-0.3, -0.25) is 4.68 Å². The maximum atomic E-state index is 14.2. The van der Waals surface area contributed by atoms with Crippen molar-refractivity contribution in [3.63, 3.8) is 0 Å². The summed E-state index contributed by atoms with van der Waals surface area (Å²) in [7, 11) is 3.50. The van der Waals surface area contributed by atoms with Gasteiger partial charge in [-0.1, -0.05) is 0 Å². The van der Waals surface area contributed by atoms with Crippen LogP contribution in [0.2, 0.25) is 0 Å². The lowest BCUT2D eigenvalue weighted by Crippen LogP contribution is -2.30. The molecule has 25 heavy (non-hydrogen) atoms. The first kappa shape index (κ1) is 17.3. The molecule has 1 aromatic carbocycles. The summed E-state index contributed by atoms with van der Waals surface area (Å²) in [6, 6.07) is 4.21. The number of benzene rings is 1. The van der Waals surface area contributed by atoms with E-state index in [0.29, 0.717) is 12.2 Å². The fraction of sp³-hybridized carbons (Fsp3) is 0.444. The molecule has 0 atom stereocenters. The number of halogens is 1. The van der Waals surface area contributed by atoms with Crippen LogP contribution in [0.1, 0.15) is 31.2 Å². The Bertz CT molecular complexity index is 740. The summed E-state index contributed by atoms with van der Waals surface area (Å²) in [5, 5.41) is 6.77. The summed E-state index contributed by atoms with van der Waals surface area (Å²) >= 11 is 0. The van der Waals surface area contributed by atoms with Gasteiger partial charge in [0.25, 0.3) is 0 Å². The summed E-state index contributed by atoms with van der Waals surface area (Å²) in [4.78, 5) is 13.7. The third-order valence-corrected chi connectivity index (χ3v) is 4.30. The molecule has 1 fully saturated rings. The second-order valence-corrected chi connectivity index (χ2v) is 6.48. The Morgan fingerprint density at radius 2 is 2.20 bits per heavy atom. The molecule has 1 N–H and O–H groups in total. The van der Waals surface area contributed by atoms with Crippen molar-refractivity contribution in [2.45, 2.75) is 38.3 Å². The van der Waals surface area contributed by atoms with Crippen molar-refractivity contribution in [2.24, 2.45) is 7.05 Å². The number of aromatic nitrogens is 2. The number of rotatable bonds is 5.